The molecule has 19 heavy (non-hydrogen) atoms. The molecular weight excluding hydrogens is 287 g/mol. The van der Waals surface area contributed by atoms with Crippen LogP contribution >= 0.6 is 7.82 Å². The van der Waals surface area contributed by atoms with Gasteiger partial charge in [-0.15, -0.1) is 0 Å². The van der Waals surface area contributed by atoms with E-state index in [1.165, 1.54) is 12.1 Å². The molecule has 1 aromatic carbocycles. The summed E-state index contributed by atoms with van der Waals surface area (Å²) in [5.41, 5.74) is 0. The number of rotatable bonds is 3. The lowest BCUT2D eigenvalue weighted by atomic mass is 10.3. The molecule has 0 atom stereocenters. The Morgan fingerprint density at radius 2 is 1.21 bits per heavy atom. The smallest absolute Gasteiger partial charge is 0.404 e. The predicted octanol–water partition coefficient (Wildman–Crippen LogP) is -2.59. The van der Waals surface area contributed by atoms with Gasteiger partial charge < -0.3 is 35.2 Å². The van der Waals surface area contributed by atoms with Gasteiger partial charge in [-0.25, -0.2) is 4.57 Å². The number of hydrogen-bond donors (Lipinski definition) is 8. The third-order valence-electron chi connectivity index (χ3n) is 1.42. The van der Waals surface area contributed by atoms with Crippen molar-refractivity contribution in [2.75, 3.05) is 0 Å². The van der Waals surface area contributed by atoms with Crippen LogP contribution in [0.4, 0.5) is 0 Å². The van der Waals surface area contributed by atoms with E-state index in [9.17, 15) is 4.57 Å². The average Bonchev–Trinajstić information content (AvgIpc) is 2.14. The maximum atomic E-state index is 10.3. The number of para-hydroxylation sites is 1. The van der Waals surface area contributed by atoms with Crippen LogP contribution in [-0.2, 0) is 4.57 Å². The summed E-state index contributed by atoms with van der Waals surface area (Å²) in [4.78, 5) is 16.7. The van der Waals surface area contributed by atoms with E-state index in [1.807, 2.05) is 0 Å². The Balaban J connectivity index is 0.000000362. The Kier molecular flexibility index (Phi) is 6.03. The topological polar surface area (TPSA) is 188 Å². The molecule has 0 aliphatic rings. The number of benzene rings is 1. The van der Waals surface area contributed by atoms with Crippen molar-refractivity contribution in [1.82, 2.24) is 0 Å². The Morgan fingerprint density at radius 3 is 1.47 bits per heavy atom. The van der Waals surface area contributed by atoms with Gasteiger partial charge in [-0.05, 0) is 12.1 Å². The van der Waals surface area contributed by atoms with E-state index < -0.39 is 19.8 Å². The first kappa shape index (κ1) is 17.9. The quantitative estimate of drug-likeness (QED) is 0.217. The van der Waals surface area contributed by atoms with Crippen LogP contribution in [-0.4, -0.2) is 52.4 Å². The van der Waals surface area contributed by atoms with Crippen molar-refractivity contribution in [3.8, 4) is 5.75 Å². The third kappa shape index (κ3) is 8.61. The van der Waals surface area contributed by atoms with Crippen LogP contribution in [0.5, 0.6) is 5.75 Å². The highest BCUT2D eigenvalue weighted by molar-refractivity contribution is 7.46. The largest absolute Gasteiger partial charge is 0.524 e. The molecule has 0 aliphatic carbocycles. The Hall–Kier alpha value is -1.07. The third-order valence-corrected chi connectivity index (χ3v) is 1.87. The van der Waals surface area contributed by atoms with Gasteiger partial charge in [0.25, 0.3) is 0 Å². The van der Waals surface area contributed by atoms with Crippen LogP contribution in [0.2, 0.25) is 0 Å². The van der Waals surface area contributed by atoms with E-state index in [4.69, 9.17) is 40.4 Å². The van der Waals surface area contributed by atoms with E-state index in [1.54, 1.807) is 18.2 Å². The summed E-state index contributed by atoms with van der Waals surface area (Å²) in [6.45, 7) is 0. The fourth-order valence-electron chi connectivity index (χ4n) is 0.619. The molecular formula is C8H13O10P. The molecule has 0 radical (unpaired) electrons. The minimum Gasteiger partial charge on any atom is -0.404 e. The normalized spacial score (nSPS) is 12.4. The average molecular weight is 300 g/mol. The first-order valence-corrected chi connectivity index (χ1v) is 6.00. The number of hydrogen-bond acceptors (Lipinski definition) is 8. The van der Waals surface area contributed by atoms with E-state index in [2.05, 4.69) is 4.52 Å². The SMILES string of the molecule is O=P(O)(O)Oc1ccccc1.OC(O)(O)C(O)(O)O. The molecule has 110 valence electrons. The molecule has 0 fully saturated rings. The standard InChI is InChI=1S/C6H7O4P.C2H6O6/c7-11(8,9)10-6-4-2-1-3-5-6;3-1(4,5)2(6,7)8/h1-5H,(H2,7,8,9);3-8H. The summed E-state index contributed by atoms with van der Waals surface area (Å²) in [5.74, 6) is -7.62. The van der Waals surface area contributed by atoms with Crippen LogP contribution < -0.4 is 4.52 Å². The molecule has 0 spiro atoms. The minimum absolute atomic E-state index is 0.167. The van der Waals surface area contributed by atoms with Gasteiger partial charge in [0.15, 0.2) is 0 Å². The molecule has 0 aromatic heterocycles. The van der Waals surface area contributed by atoms with Crippen molar-refractivity contribution in [3.05, 3.63) is 30.3 Å². The molecule has 11 heteroatoms. The first-order valence-electron chi connectivity index (χ1n) is 4.47. The molecule has 10 nitrogen and oxygen atoms in total. The summed E-state index contributed by atoms with van der Waals surface area (Å²) in [6.07, 6.45) is 0. The van der Waals surface area contributed by atoms with Gasteiger partial charge in [-0.2, -0.15) is 0 Å². The lowest BCUT2D eigenvalue weighted by molar-refractivity contribution is -0.512. The molecule has 8 N–H and O–H groups in total. The van der Waals surface area contributed by atoms with Crippen LogP contribution in [0.3, 0.4) is 0 Å². The second kappa shape index (κ2) is 6.39. The second-order valence-electron chi connectivity index (χ2n) is 3.17. The van der Waals surface area contributed by atoms with Gasteiger partial charge >= 0.3 is 19.8 Å². The van der Waals surface area contributed by atoms with Gasteiger partial charge in [-0.1, -0.05) is 18.2 Å². The Morgan fingerprint density at radius 1 is 0.842 bits per heavy atom. The summed E-state index contributed by atoms with van der Waals surface area (Å²) < 4.78 is 14.5. The maximum absolute atomic E-state index is 10.3. The lowest BCUT2D eigenvalue weighted by Gasteiger charge is -2.23. The molecule has 0 saturated carbocycles. The molecule has 0 saturated heterocycles. The maximum Gasteiger partial charge on any atom is 0.524 e. The van der Waals surface area contributed by atoms with Crippen LogP contribution in [0.15, 0.2) is 30.3 Å². The van der Waals surface area contributed by atoms with Crippen molar-refractivity contribution in [2.45, 2.75) is 11.9 Å². The van der Waals surface area contributed by atoms with Crippen LogP contribution in [0, 0.1) is 0 Å². The fourth-order valence-corrected chi connectivity index (χ4v) is 1.02. The Bertz CT molecular complexity index is 401. The van der Waals surface area contributed by atoms with Gasteiger partial charge in [-0.3, -0.25) is 9.79 Å². The first-order chi connectivity index (χ1) is 8.33. The summed E-state index contributed by atoms with van der Waals surface area (Å²) >= 11 is 0. The minimum atomic E-state index is -4.39. The van der Waals surface area contributed by atoms with Gasteiger partial charge in [0.1, 0.15) is 5.75 Å². The second-order valence-corrected chi connectivity index (χ2v) is 4.33. The Labute approximate surface area is 106 Å². The summed E-state index contributed by atoms with van der Waals surface area (Å²) in [6, 6.07) is 7.93. The summed E-state index contributed by atoms with van der Waals surface area (Å²) in [5, 5.41) is 46.3. The zero-order chi connectivity index (χ0) is 15.3. The number of aliphatic hydroxyl groups is 6. The summed E-state index contributed by atoms with van der Waals surface area (Å²) in [7, 11) is -4.39. The van der Waals surface area contributed by atoms with Gasteiger partial charge in [0.2, 0.25) is 0 Å². The van der Waals surface area contributed by atoms with Crippen molar-refractivity contribution in [2.24, 2.45) is 0 Å². The molecule has 0 aliphatic heterocycles. The predicted molar refractivity (Wildman–Crippen MR) is 57.9 cm³/mol. The molecule has 0 unspecified atom stereocenters. The highest BCUT2D eigenvalue weighted by atomic mass is 31.2. The van der Waals surface area contributed by atoms with Crippen LogP contribution in [0.25, 0.3) is 0 Å². The highest BCUT2D eigenvalue weighted by Gasteiger charge is 2.44. The monoisotopic (exact) mass is 300 g/mol. The lowest BCUT2D eigenvalue weighted by Crippen LogP contribution is -2.54. The van der Waals surface area contributed by atoms with Crippen molar-refractivity contribution < 1.29 is 49.5 Å². The van der Waals surface area contributed by atoms with Crippen molar-refractivity contribution in [1.29, 1.82) is 0 Å². The number of phosphoric acid groups is 1. The van der Waals surface area contributed by atoms with E-state index in [-0.39, 0.29) is 5.75 Å². The number of phosphoric ester groups is 1. The van der Waals surface area contributed by atoms with Gasteiger partial charge in [0.05, 0.1) is 0 Å². The van der Waals surface area contributed by atoms with E-state index >= 15 is 0 Å². The molecule has 0 bridgehead atoms. The fraction of sp³-hybridized carbons (Fsp3) is 0.250. The van der Waals surface area contributed by atoms with Crippen LogP contribution in [0.1, 0.15) is 0 Å². The highest BCUT2D eigenvalue weighted by Crippen LogP contribution is 2.36. The van der Waals surface area contributed by atoms with Crippen molar-refractivity contribution in [3.63, 3.8) is 0 Å². The molecule has 1 rings (SSSR count). The van der Waals surface area contributed by atoms with E-state index in [0.717, 1.165) is 0 Å². The molecule has 1 aromatic rings. The zero-order valence-corrected chi connectivity index (χ0v) is 10.1. The molecule has 0 amide bonds. The molecule has 0 heterocycles. The zero-order valence-electron chi connectivity index (χ0n) is 9.23. The van der Waals surface area contributed by atoms with Gasteiger partial charge in [0, 0.05) is 0 Å². The van der Waals surface area contributed by atoms with Crippen molar-refractivity contribution >= 4 is 7.82 Å². The van der Waals surface area contributed by atoms with E-state index in [0.29, 0.717) is 0 Å².